The molecule has 1 aromatic heterocycles. The molecule has 0 fully saturated rings. The van der Waals surface area contributed by atoms with Gasteiger partial charge in [0, 0.05) is 16.2 Å². The van der Waals surface area contributed by atoms with Gasteiger partial charge in [0.1, 0.15) is 5.75 Å². The van der Waals surface area contributed by atoms with E-state index in [0.717, 1.165) is 35.4 Å². The Morgan fingerprint density at radius 3 is 3.14 bits per heavy atom. The molecule has 2 heterocycles. The van der Waals surface area contributed by atoms with E-state index in [2.05, 4.69) is 32.3 Å². The third-order valence-corrected chi connectivity index (χ3v) is 4.03. The summed E-state index contributed by atoms with van der Waals surface area (Å²) in [6.07, 6.45) is 3.74. The van der Waals surface area contributed by atoms with E-state index >= 15 is 0 Å². The molecule has 21 heavy (non-hydrogen) atoms. The van der Waals surface area contributed by atoms with Crippen LogP contribution in [0.5, 0.6) is 11.6 Å². The predicted molar refractivity (Wildman–Crippen MR) is 86.0 cm³/mol. The van der Waals surface area contributed by atoms with E-state index in [4.69, 9.17) is 9.47 Å². The molecule has 1 aliphatic rings. The van der Waals surface area contributed by atoms with Crippen LogP contribution in [-0.2, 0) is 0 Å². The van der Waals surface area contributed by atoms with Gasteiger partial charge in [-0.15, -0.1) is 0 Å². The number of aromatic nitrogens is 1. The van der Waals surface area contributed by atoms with Crippen LogP contribution in [0.25, 0.3) is 0 Å². The number of ether oxygens (including phenoxy) is 2. The highest BCUT2D eigenvalue weighted by Crippen LogP contribution is 2.36. The summed E-state index contributed by atoms with van der Waals surface area (Å²) >= 11 is 3.50. The number of fused-ring (bicyclic) bond motifs is 1. The minimum atomic E-state index is 0.189. The van der Waals surface area contributed by atoms with Gasteiger partial charge in [0.05, 0.1) is 25.4 Å². The number of anilines is 1. The molecule has 1 atom stereocenters. The number of hydrogen-bond acceptors (Lipinski definition) is 4. The topological polar surface area (TPSA) is 43.4 Å². The first-order valence-electron chi connectivity index (χ1n) is 6.95. The number of benzene rings is 1. The summed E-state index contributed by atoms with van der Waals surface area (Å²) in [5.41, 5.74) is 2.07. The zero-order chi connectivity index (χ0) is 14.7. The van der Waals surface area contributed by atoms with Crippen molar-refractivity contribution in [1.82, 2.24) is 4.98 Å². The minimum Gasteiger partial charge on any atom is -0.493 e. The number of hydrogen-bond donors (Lipinski definition) is 1. The van der Waals surface area contributed by atoms with Crippen molar-refractivity contribution in [2.24, 2.45) is 0 Å². The third kappa shape index (κ3) is 3.13. The first-order chi connectivity index (χ1) is 10.3. The van der Waals surface area contributed by atoms with Crippen LogP contribution in [0.1, 0.15) is 24.4 Å². The van der Waals surface area contributed by atoms with E-state index in [9.17, 15) is 0 Å². The average Bonchev–Trinajstić information content (AvgIpc) is 2.70. The Morgan fingerprint density at radius 1 is 1.38 bits per heavy atom. The summed E-state index contributed by atoms with van der Waals surface area (Å²) in [5.74, 6) is 1.54. The van der Waals surface area contributed by atoms with Crippen LogP contribution in [0.4, 0.5) is 5.69 Å². The van der Waals surface area contributed by atoms with Gasteiger partial charge >= 0.3 is 0 Å². The van der Waals surface area contributed by atoms with Crippen molar-refractivity contribution in [1.29, 1.82) is 0 Å². The van der Waals surface area contributed by atoms with Gasteiger partial charge in [0.2, 0.25) is 5.88 Å². The highest BCUT2D eigenvalue weighted by atomic mass is 79.9. The fraction of sp³-hybridized carbons (Fsp3) is 0.312. The van der Waals surface area contributed by atoms with Crippen LogP contribution in [0.2, 0.25) is 0 Å². The van der Waals surface area contributed by atoms with E-state index in [0.29, 0.717) is 5.88 Å². The molecule has 2 aromatic rings. The summed E-state index contributed by atoms with van der Waals surface area (Å²) in [6.45, 7) is 0.742. The van der Waals surface area contributed by atoms with Gasteiger partial charge in [-0.05, 0) is 37.1 Å². The van der Waals surface area contributed by atoms with Gasteiger partial charge in [0.15, 0.2) is 0 Å². The van der Waals surface area contributed by atoms with Crippen LogP contribution < -0.4 is 14.8 Å². The molecular weight excluding hydrogens is 332 g/mol. The molecule has 0 spiro atoms. The number of nitrogens with one attached hydrogen (secondary N) is 1. The van der Waals surface area contributed by atoms with Crippen molar-refractivity contribution in [3.63, 3.8) is 0 Å². The molecule has 3 rings (SSSR count). The first-order valence-corrected chi connectivity index (χ1v) is 7.75. The van der Waals surface area contributed by atoms with E-state index < -0.39 is 0 Å². The highest BCUT2D eigenvalue weighted by Gasteiger charge is 2.21. The summed E-state index contributed by atoms with van der Waals surface area (Å²) in [5, 5.41) is 3.53. The molecule has 1 aliphatic heterocycles. The van der Waals surface area contributed by atoms with Crippen LogP contribution in [0, 0.1) is 0 Å². The summed E-state index contributed by atoms with van der Waals surface area (Å²) < 4.78 is 12.2. The second kappa shape index (κ2) is 6.35. The summed E-state index contributed by atoms with van der Waals surface area (Å²) in [4.78, 5) is 4.23. The lowest BCUT2D eigenvalue weighted by molar-refractivity contribution is 0.316. The zero-order valence-corrected chi connectivity index (χ0v) is 13.4. The molecular formula is C16H17BrN2O2. The monoisotopic (exact) mass is 348 g/mol. The van der Waals surface area contributed by atoms with Crippen LogP contribution >= 0.6 is 15.9 Å². The molecule has 0 saturated heterocycles. The molecule has 1 aromatic carbocycles. The normalized spacial score (nSPS) is 17.3. The van der Waals surface area contributed by atoms with E-state index in [1.54, 1.807) is 13.3 Å². The lowest BCUT2D eigenvalue weighted by Crippen LogP contribution is -2.11. The van der Waals surface area contributed by atoms with Crippen LogP contribution in [0.3, 0.4) is 0 Å². The molecule has 0 amide bonds. The molecule has 0 radical (unpaired) electrons. The Balaban J connectivity index is 1.92. The first kappa shape index (κ1) is 14.2. The zero-order valence-electron chi connectivity index (χ0n) is 11.8. The quantitative estimate of drug-likeness (QED) is 0.903. The number of pyridine rings is 1. The molecule has 1 unspecified atom stereocenters. The predicted octanol–water partition coefficient (Wildman–Crippen LogP) is 4.18. The summed E-state index contributed by atoms with van der Waals surface area (Å²) in [6, 6.07) is 10.2. The summed E-state index contributed by atoms with van der Waals surface area (Å²) in [7, 11) is 1.63. The molecule has 5 heteroatoms. The molecule has 0 bridgehead atoms. The van der Waals surface area contributed by atoms with Gasteiger partial charge < -0.3 is 14.8 Å². The Labute approximate surface area is 132 Å². The van der Waals surface area contributed by atoms with Gasteiger partial charge in [-0.1, -0.05) is 22.0 Å². The van der Waals surface area contributed by atoms with E-state index in [-0.39, 0.29) is 6.04 Å². The van der Waals surface area contributed by atoms with Crippen LogP contribution in [-0.4, -0.2) is 18.7 Å². The maximum atomic E-state index is 5.84. The van der Waals surface area contributed by atoms with Crippen molar-refractivity contribution in [2.45, 2.75) is 18.9 Å². The third-order valence-electron chi connectivity index (χ3n) is 3.54. The van der Waals surface area contributed by atoms with E-state index in [1.165, 1.54) is 5.56 Å². The Kier molecular flexibility index (Phi) is 4.29. The second-order valence-electron chi connectivity index (χ2n) is 4.93. The van der Waals surface area contributed by atoms with Gasteiger partial charge in [-0.3, -0.25) is 0 Å². The molecule has 4 nitrogen and oxygen atoms in total. The van der Waals surface area contributed by atoms with Crippen molar-refractivity contribution < 1.29 is 9.47 Å². The standard InChI is InChI=1S/C16H17BrN2O2/c1-20-16-14(4-2-8-18-16)19-13-5-3-9-21-15-10-11(17)6-7-12(13)15/h2,4,6-8,10,13,19H,3,5,9H2,1H3. The SMILES string of the molecule is COc1ncccc1NC1CCCOc2cc(Br)ccc21. The fourth-order valence-electron chi connectivity index (χ4n) is 2.55. The maximum Gasteiger partial charge on any atom is 0.237 e. The maximum absolute atomic E-state index is 5.84. The van der Waals surface area contributed by atoms with Gasteiger partial charge in [-0.25, -0.2) is 4.98 Å². The Morgan fingerprint density at radius 2 is 2.29 bits per heavy atom. The Bertz CT molecular complexity index is 633. The van der Waals surface area contributed by atoms with Crippen molar-refractivity contribution in [2.75, 3.05) is 19.0 Å². The van der Waals surface area contributed by atoms with E-state index in [1.807, 2.05) is 24.3 Å². The van der Waals surface area contributed by atoms with Crippen molar-refractivity contribution in [3.05, 3.63) is 46.6 Å². The second-order valence-corrected chi connectivity index (χ2v) is 5.85. The van der Waals surface area contributed by atoms with Crippen molar-refractivity contribution in [3.8, 4) is 11.6 Å². The molecule has 110 valence electrons. The lowest BCUT2D eigenvalue weighted by Gasteiger charge is -2.20. The number of halogens is 1. The smallest absolute Gasteiger partial charge is 0.237 e. The molecule has 1 N–H and O–H groups in total. The van der Waals surface area contributed by atoms with Gasteiger partial charge in [0.25, 0.3) is 0 Å². The molecule has 0 saturated carbocycles. The van der Waals surface area contributed by atoms with Crippen LogP contribution in [0.15, 0.2) is 41.0 Å². The largest absolute Gasteiger partial charge is 0.493 e. The number of nitrogens with zero attached hydrogens (tertiary/aromatic N) is 1. The van der Waals surface area contributed by atoms with Gasteiger partial charge in [-0.2, -0.15) is 0 Å². The fourth-order valence-corrected chi connectivity index (χ4v) is 2.89. The highest BCUT2D eigenvalue weighted by molar-refractivity contribution is 9.10. The Hall–Kier alpha value is -1.75. The number of rotatable bonds is 3. The number of methoxy groups -OCH3 is 1. The lowest BCUT2D eigenvalue weighted by atomic mass is 10.0. The minimum absolute atomic E-state index is 0.189. The molecule has 0 aliphatic carbocycles. The average molecular weight is 349 g/mol. The van der Waals surface area contributed by atoms with Crippen molar-refractivity contribution >= 4 is 21.6 Å².